The number of hydrogen-bond acceptors (Lipinski definition) is 3. The molecule has 0 spiro atoms. The molecule has 1 heterocycles. The Morgan fingerprint density at radius 1 is 1.22 bits per heavy atom. The van der Waals surface area contributed by atoms with Crippen molar-refractivity contribution in [2.45, 2.75) is 49.1 Å². The minimum absolute atomic E-state index is 0.310. The van der Waals surface area contributed by atoms with Crippen LogP contribution in [-0.2, 0) is 5.54 Å². The molecule has 4 bridgehead atoms. The summed E-state index contributed by atoms with van der Waals surface area (Å²) in [6, 6.07) is 2.04. The molecule has 4 saturated carbocycles. The molecule has 1 aromatic heterocycles. The number of nitrogens with zero attached hydrogens (tertiary/aromatic N) is 2. The van der Waals surface area contributed by atoms with Gasteiger partial charge in [0, 0.05) is 6.07 Å². The van der Waals surface area contributed by atoms with E-state index in [0.29, 0.717) is 11.4 Å². The van der Waals surface area contributed by atoms with Crippen LogP contribution < -0.4 is 5.73 Å². The molecule has 4 aliphatic carbocycles. The van der Waals surface area contributed by atoms with Crippen LogP contribution >= 0.6 is 11.8 Å². The van der Waals surface area contributed by atoms with Crippen LogP contribution in [0.15, 0.2) is 11.1 Å². The lowest BCUT2D eigenvalue weighted by molar-refractivity contribution is -0.0536. The maximum absolute atomic E-state index is 5.93. The van der Waals surface area contributed by atoms with Crippen molar-refractivity contribution in [2.75, 3.05) is 12.0 Å². The molecule has 4 heteroatoms. The molecule has 0 radical (unpaired) electrons. The van der Waals surface area contributed by atoms with Crippen molar-refractivity contribution in [1.29, 1.82) is 0 Å². The normalized spacial score (nSPS) is 41.5. The fourth-order valence-electron chi connectivity index (χ4n) is 5.19. The number of aromatic nitrogens is 2. The van der Waals surface area contributed by atoms with Crippen molar-refractivity contribution < 1.29 is 0 Å². The second-order valence-electron chi connectivity index (χ2n) is 6.67. The van der Waals surface area contributed by atoms with Crippen LogP contribution in [0.25, 0.3) is 0 Å². The SMILES string of the molecule is CSc1cc(N)nn1C12CC3CC(CC(C3)C1)C2. The predicted molar refractivity (Wildman–Crippen MR) is 74.6 cm³/mol. The predicted octanol–water partition coefficient (Wildman–Crippen LogP) is 3.11. The Bertz CT molecular complexity index is 444. The van der Waals surface area contributed by atoms with E-state index in [1.165, 1.54) is 43.6 Å². The molecular formula is C14H21N3S. The molecule has 18 heavy (non-hydrogen) atoms. The molecule has 1 aromatic rings. The van der Waals surface area contributed by atoms with Crippen LogP contribution in [0.3, 0.4) is 0 Å². The Morgan fingerprint density at radius 2 is 1.78 bits per heavy atom. The van der Waals surface area contributed by atoms with Gasteiger partial charge in [-0.05, 0) is 62.5 Å². The van der Waals surface area contributed by atoms with Gasteiger partial charge in [-0.3, -0.25) is 4.68 Å². The van der Waals surface area contributed by atoms with Gasteiger partial charge in [-0.25, -0.2) is 0 Å². The zero-order valence-corrected chi connectivity index (χ0v) is 11.7. The first-order chi connectivity index (χ1) is 8.68. The van der Waals surface area contributed by atoms with Crippen LogP contribution in [0.5, 0.6) is 0 Å². The third-order valence-electron chi connectivity index (χ3n) is 5.36. The van der Waals surface area contributed by atoms with Crippen molar-refractivity contribution in [3.05, 3.63) is 6.07 Å². The van der Waals surface area contributed by atoms with Gasteiger partial charge in [-0.15, -0.1) is 11.8 Å². The second-order valence-corrected chi connectivity index (χ2v) is 7.49. The quantitative estimate of drug-likeness (QED) is 0.834. The van der Waals surface area contributed by atoms with Crippen molar-refractivity contribution in [1.82, 2.24) is 9.78 Å². The van der Waals surface area contributed by atoms with Gasteiger partial charge in [-0.1, -0.05) is 0 Å². The Kier molecular flexibility index (Phi) is 2.30. The number of thioether (sulfide) groups is 1. The molecule has 5 rings (SSSR count). The van der Waals surface area contributed by atoms with Crippen molar-refractivity contribution in [3.63, 3.8) is 0 Å². The van der Waals surface area contributed by atoms with E-state index in [4.69, 9.17) is 5.73 Å². The number of anilines is 1. The second kappa shape index (κ2) is 3.69. The molecule has 0 amide bonds. The Hall–Kier alpha value is -0.640. The van der Waals surface area contributed by atoms with E-state index < -0.39 is 0 Å². The van der Waals surface area contributed by atoms with Crippen LogP contribution in [0, 0.1) is 17.8 Å². The monoisotopic (exact) mass is 263 g/mol. The van der Waals surface area contributed by atoms with Crippen molar-refractivity contribution in [2.24, 2.45) is 17.8 Å². The van der Waals surface area contributed by atoms with Gasteiger partial charge in [0.15, 0.2) is 0 Å². The lowest BCUT2D eigenvalue weighted by Crippen LogP contribution is -2.52. The smallest absolute Gasteiger partial charge is 0.146 e. The standard InChI is InChI=1S/C14H21N3S/c1-18-13-5-12(15)16-17(13)14-6-9-2-10(7-14)4-11(3-9)8-14/h5,9-11H,2-4,6-8H2,1H3,(H2,15,16). The van der Waals surface area contributed by atoms with E-state index in [1.54, 1.807) is 11.8 Å². The van der Waals surface area contributed by atoms with Gasteiger partial charge in [0.2, 0.25) is 0 Å². The molecule has 0 aromatic carbocycles. The highest BCUT2D eigenvalue weighted by molar-refractivity contribution is 7.98. The first kappa shape index (κ1) is 11.2. The minimum Gasteiger partial charge on any atom is -0.382 e. The zero-order chi connectivity index (χ0) is 12.3. The molecule has 4 fully saturated rings. The number of hydrogen-bond donors (Lipinski definition) is 1. The molecule has 0 saturated heterocycles. The van der Waals surface area contributed by atoms with Gasteiger partial charge >= 0.3 is 0 Å². The van der Waals surface area contributed by atoms with Gasteiger partial charge in [0.25, 0.3) is 0 Å². The summed E-state index contributed by atoms with van der Waals surface area (Å²) >= 11 is 1.79. The molecule has 98 valence electrons. The highest BCUT2D eigenvalue weighted by Crippen LogP contribution is 2.59. The summed E-state index contributed by atoms with van der Waals surface area (Å²) in [5.74, 6) is 3.55. The summed E-state index contributed by atoms with van der Waals surface area (Å²) in [6.07, 6.45) is 10.6. The summed E-state index contributed by atoms with van der Waals surface area (Å²) in [7, 11) is 0. The minimum atomic E-state index is 0.310. The highest BCUT2D eigenvalue weighted by Gasteiger charge is 2.52. The van der Waals surface area contributed by atoms with Gasteiger partial charge in [-0.2, -0.15) is 5.10 Å². The lowest BCUT2D eigenvalue weighted by Gasteiger charge is -2.56. The molecule has 0 atom stereocenters. The Morgan fingerprint density at radius 3 is 2.28 bits per heavy atom. The average molecular weight is 263 g/mol. The molecule has 2 N–H and O–H groups in total. The summed E-state index contributed by atoms with van der Waals surface area (Å²) in [5, 5.41) is 5.90. The van der Waals surface area contributed by atoms with Gasteiger partial charge < -0.3 is 5.73 Å². The largest absolute Gasteiger partial charge is 0.382 e. The molecule has 0 unspecified atom stereocenters. The molecular weight excluding hydrogens is 242 g/mol. The van der Waals surface area contributed by atoms with E-state index in [2.05, 4.69) is 16.0 Å². The van der Waals surface area contributed by atoms with Crippen molar-refractivity contribution >= 4 is 17.6 Å². The number of nitrogens with two attached hydrogens (primary N) is 1. The number of nitrogen functional groups attached to an aromatic ring is 1. The molecule has 3 nitrogen and oxygen atoms in total. The fourth-order valence-corrected chi connectivity index (χ4v) is 5.84. The summed E-state index contributed by atoms with van der Waals surface area (Å²) in [5.41, 5.74) is 6.24. The Balaban J connectivity index is 1.78. The van der Waals surface area contributed by atoms with Crippen LogP contribution in [-0.4, -0.2) is 16.0 Å². The van der Waals surface area contributed by atoms with Crippen molar-refractivity contribution in [3.8, 4) is 0 Å². The summed E-state index contributed by atoms with van der Waals surface area (Å²) in [4.78, 5) is 0. The van der Waals surface area contributed by atoms with E-state index in [9.17, 15) is 0 Å². The van der Waals surface area contributed by atoms with E-state index in [-0.39, 0.29) is 0 Å². The van der Waals surface area contributed by atoms with Crippen LogP contribution in [0.1, 0.15) is 38.5 Å². The Labute approximate surface area is 112 Å². The van der Waals surface area contributed by atoms with Gasteiger partial charge in [0.1, 0.15) is 5.82 Å². The first-order valence-corrected chi connectivity index (χ1v) is 8.31. The third-order valence-corrected chi connectivity index (χ3v) is 6.07. The summed E-state index contributed by atoms with van der Waals surface area (Å²) < 4.78 is 2.30. The first-order valence-electron chi connectivity index (χ1n) is 7.08. The fraction of sp³-hybridized carbons (Fsp3) is 0.786. The molecule has 4 aliphatic rings. The average Bonchev–Trinajstić information content (AvgIpc) is 2.69. The van der Waals surface area contributed by atoms with Crippen LogP contribution in [0.2, 0.25) is 0 Å². The number of rotatable bonds is 2. The zero-order valence-electron chi connectivity index (χ0n) is 10.9. The summed E-state index contributed by atoms with van der Waals surface area (Å²) in [6.45, 7) is 0. The van der Waals surface area contributed by atoms with Crippen LogP contribution in [0.4, 0.5) is 5.82 Å². The maximum atomic E-state index is 5.93. The van der Waals surface area contributed by atoms with E-state index in [0.717, 1.165) is 17.8 Å². The third kappa shape index (κ3) is 1.47. The highest BCUT2D eigenvalue weighted by atomic mass is 32.2. The van der Waals surface area contributed by atoms with E-state index >= 15 is 0 Å². The van der Waals surface area contributed by atoms with E-state index in [1.807, 2.05) is 6.07 Å². The maximum Gasteiger partial charge on any atom is 0.146 e. The topological polar surface area (TPSA) is 43.8 Å². The molecule has 0 aliphatic heterocycles. The van der Waals surface area contributed by atoms with Gasteiger partial charge in [0.05, 0.1) is 10.6 Å². The lowest BCUT2D eigenvalue weighted by atomic mass is 9.53.